The van der Waals surface area contributed by atoms with Gasteiger partial charge in [0.1, 0.15) is 6.04 Å². The largest absolute Gasteiger partial charge is 0.465 e. The first-order valence-corrected chi connectivity index (χ1v) is 7.28. The Bertz CT molecular complexity index is 586. The fraction of sp³-hybridized carbons (Fsp3) is 0.235. The van der Waals surface area contributed by atoms with Gasteiger partial charge in [0.25, 0.3) is 0 Å². The molecule has 1 atom stereocenters. The third kappa shape index (κ3) is 4.59. The van der Waals surface area contributed by atoms with Crippen molar-refractivity contribution in [1.82, 2.24) is 5.32 Å². The molecule has 2 aromatic rings. The minimum absolute atomic E-state index is 0.272. The number of carbonyl (C=O) groups excluding carboxylic acids is 1. The van der Waals surface area contributed by atoms with Gasteiger partial charge in [-0.25, -0.2) is 4.79 Å². The summed E-state index contributed by atoms with van der Waals surface area (Å²) in [4.78, 5) is 12.1. The fourth-order valence-electron chi connectivity index (χ4n) is 2.08. The Morgan fingerprint density at radius 3 is 2.62 bits per heavy atom. The van der Waals surface area contributed by atoms with Gasteiger partial charge < -0.3 is 4.74 Å². The number of nitrogens with one attached hydrogen (secondary N) is 1. The zero-order valence-electron chi connectivity index (χ0n) is 11.9. The van der Waals surface area contributed by atoms with E-state index in [-0.39, 0.29) is 5.97 Å². The molecule has 3 nitrogen and oxygen atoms in total. The lowest BCUT2D eigenvalue weighted by atomic mass is 10.1. The van der Waals surface area contributed by atoms with Gasteiger partial charge in [0, 0.05) is 11.6 Å². The second-order valence-corrected chi connectivity index (χ2v) is 5.04. The van der Waals surface area contributed by atoms with Crippen LogP contribution >= 0.6 is 11.6 Å². The van der Waals surface area contributed by atoms with Crippen molar-refractivity contribution in [1.29, 1.82) is 0 Å². The molecule has 0 fully saturated rings. The van der Waals surface area contributed by atoms with Crippen LogP contribution in [0.2, 0.25) is 5.02 Å². The first-order valence-electron chi connectivity index (χ1n) is 6.90. The molecule has 0 spiro atoms. The maximum absolute atomic E-state index is 12.1. The van der Waals surface area contributed by atoms with Crippen LogP contribution in [0.25, 0.3) is 0 Å². The zero-order valence-corrected chi connectivity index (χ0v) is 12.6. The molecule has 0 aliphatic carbocycles. The van der Waals surface area contributed by atoms with Crippen molar-refractivity contribution in [3.63, 3.8) is 0 Å². The van der Waals surface area contributed by atoms with Crippen LogP contribution in [0.1, 0.15) is 24.1 Å². The number of ether oxygens (including phenoxy) is 1. The summed E-state index contributed by atoms with van der Waals surface area (Å²) in [7, 11) is 0. The van der Waals surface area contributed by atoms with Gasteiger partial charge in [0.15, 0.2) is 0 Å². The average Bonchev–Trinajstić information content (AvgIpc) is 2.49. The SMILES string of the molecule is CCOC(=O)C(NCc1cccc(Cl)c1)c1ccccc1. The van der Waals surface area contributed by atoms with E-state index in [2.05, 4.69) is 5.32 Å². The highest BCUT2D eigenvalue weighted by Crippen LogP contribution is 2.16. The number of hydrogen-bond donors (Lipinski definition) is 1. The van der Waals surface area contributed by atoms with E-state index in [1.807, 2.05) is 54.6 Å². The van der Waals surface area contributed by atoms with Crippen LogP contribution in [-0.2, 0) is 16.1 Å². The smallest absolute Gasteiger partial charge is 0.327 e. The Balaban J connectivity index is 2.11. The molecule has 110 valence electrons. The lowest BCUT2D eigenvalue weighted by Gasteiger charge is -2.17. The Morgan fingerprint density at radius 1 is 1.19 bits per heavy atom. The van der Waals surface area contributed by atoms with E-state index in [9.17, 15) is 4.79 Å². The molecular formula is C17H18ClNO2. The topological polar surface area (TPSA) is 38.3 Å². The van der Waals surface area contributed by atoms with Crippen LogP contribution in [0.5, 0.6) is 0 Å². The summed E-state index contributed by atoms with van der Waals surface area (Å²) in [6.45, 7) is 2.71. The summed E-state index contributed by atoms with van der Waals surface area (Å²) in [6.07, 6.45) is 0. The summed E-state index contributed by atoms with van der Waals surface area (Å²) >= 11 is 5.97. The average molecular weight is 304 g/mol. The van der Waals surface area contributed by atoms with Crippen LogP contribution in [0.4, 0.5) is 0 Å². The molecule has 4 heteroatoms. The van der Waals surface area contributed by atoms with Crippen molar-refractivity contribution in [3.05, 3.63) is 70.7 Å². The van der Waals surface area contributed by atoms with E-state index in [1.54, 1.807) is 6.92 Å². The standard InChI is InChI=1S/C17H18ClNO2/c1-2-21-17(20)16(14-8-4-3-5-9-14)19-12-13-7-6-10-15(18)11-13/h3-11,16,19H,2,12H2,1H3. The normalized spacial score (nSPS) is 11.9. The molecule has 0 saturated carbocycles. The van der Waals surface area contributed by atoms with Crippen molar-refractivity contribution in [2.24, 2.45) is 0 Å². The van der Waals surface area contributed by atoms with Crippen LogP contribution in [0.15, 0.2) is 54.6 Å². The summed E-state index contributed by atoms with van der Waals surface area (Å²) in [5.74, 6) is -0.272. The summed E-state index contributed by atoms with van der Waals surface area (Å²) in [6, 6.07) is 16.6. The van der Waals surface area contributed by atoms with Gasteiger partial charge in [-0.3, -0.25) is 5.32 Å². The van der Waals surface area contributed by atoms with Crippen LogP contribution in [0.3, 0.4) is 0 Å². The second-order valence-electron chi connectivity index (χ2n) is 4.61. The molecule has 21 heavy (non-hydrogen) atoms. The Hall–Kier alpha value is -1.84. The maximum atomic E-state index is 12.1. The predicted molar refractivity (Wildman–Crippen MR) is 84.1 cm³/mol. The minimum Gasteiger partial charge on any atom is -0.465 e. The van der Waals surface area contributed by atoms with Gasteiger partial charge in [-0.1, -0.05) is 54.1 Å². The molecule has 0 amide bonds. The molecule has 2 aromatic carbocycles. The predicted octanol–water partition coefficient (Wildman–Crippen LogP) is 3.73. The fourth-order valence-corrected chi connectivity index (χ4v) is 2.29. The van der Waals surface area contributed by atoms with E-state index < -0.39 is 6.04 Å². The third-order valence-electron chi connectivity index (χ3n) is 3.05. The molecule has 1 N–H and O–H groups in total. The Kier molecular flexibility index (Phi) is 5.78. The quantitative estimate of drug-likeness (QED) is 0.826. The van der Waals surface area contributed by atoms with Crippen molar-refractivity contribution in [2.45, 2.75) is 19.5 Å². The van der Waals surface area contributed by atoms with E-state index >= 15 is 0 Å². The van der Waals surface area contributed by atoms with Crippen LogP contribution in [-0.4, -0.2) is 12.6 Å². The second kappa shape index (κ2) is 7.81. The Labute approximate surface area is 129 Å². The highest BCUT2D eigenvalue weighted by atomic mass is 35.5. The highest BCUT2D eigenvalue weighted by Gasteiger charge is 2.21. The molecule has 1 unspecified atom stereocenters. The van der Waals surface area contributed by atoms with E-state index in [0.717, 1.165) is 11.1 Å². The van der Waals surface area contributed by atoms with Crippen molar-refractivity contribution >= 4 is 17.6 Å². The molecule has 2 rings (SSSR count). The van der Waals surface area contributed by atoms with Gasteiger partial charge in [-0.15, -0.1) is 0 Å². The third-order valence-corrected chi connectivity index (χ3v) is 3.29. The van der Waals surface area contributed by atoms with Gasteiger partial charge in [0.2, 0.25) is 0 Å². The summed E-state index contributed by atoms with van der Waals surface area (Å²) < 4.78 is 5.14. The first kappa shape index (κ1) is 15.5. The maximum Gasteiger partial charge on any atom is 0.327 e. The van der Waals surface area contributed by atoms with E-state index in [1.165, 1.54) is 0 Å². The lowest BCUT2D eigenvalue weighted by Crippen LogP contribution is -2.29. The van der Waals surface area contributed by atoms with Crippen LogP contribution < -0.4 is 5.32 Å². The van der Waals surface area contributed by atoms with Gasteiger partial charge in [0.05, 0.1) is 6.61 Å². The molecule has 0 radical (unpaired) electrons. The number of benzene rings is 2. The van der Waals surface area contributed by atoms with E-state index in [4.69, 9.17) is 16.3 Å². The lowest BCUT2D eigenvalue weighted by molar-refractivity contribution is -0.145. The number of hydrogen-bond acceptors (Lipinski definition) is 3. The minimum atomic E-state index is -0.481. The van der Waals surface area contributed by atoms with Crippen LogP contribution in [0, 0.1) is 0 Å². The van der Waals surface area contributed by atoms with Crippen molar-refractivity contribution in [2.75, 3.05) is 6.61 Å². The molecule has 0 aliphatic heterocycles. The van der Waals surface area contributed by atoms with Crippen molar-refractivity contribution in [3.8, 4) is 0 Å². The molecule has 0 heterocycles. The number of rotatable bonds is 6. The summed E-state index contributed by atoms with van der Waals surface area (Å²) in [5.41, 5.74) is 1.91. The number of halogens is 1. The van der Waals surface area contributed by atoms with Gasteiger partial charge in [-0.2, -0.15) is 0 Å². The van der Waals surface area contributed by atoms with Gasteiger partial charge in [-0.05, 0) is 30.2 Å². The summed E-state index contributed by atoms with van der Waals surface area (Å²) in [5, 5.41) is 3.91. The highest BCUT2D eigenvalue weighted by molar-refractivity contribution is 6.30. The zero-order chi connectivity index (χ0) is 15.1. The monoisotopic (exact) mass is 303 g/mol. The Morgan fingerprint density at radius 2 is 1.95 bits per heavy atom. The number of carbonyl (C=O) groups is 1. The molecule has 0 aliphatic rings. The molecule has 0 aromatic heterocycles. The molecular weight excluding hydrogens is 286 g/mol. The van der Waals surface area contributed by atoms with E-state index in [0.29, 0.717) is 18.2 Å². The molecule has 0 saturated heterocycles. The molecule has 0 bridgehead atoms. The number of esters is 1. The van der Waals surface area contributed by atoms with Crippen molar-refractivity contribution < 1.29 is 9.53 Å². The first-order chi connectivity index (χ1) is 10.2. The van der Waals surface area contributed by atoms with Gasteiger partial charge >= 0.3 is 5.97 Å².